The summed E-state index contributed by atoms with van der Waals surface area (Å²) in [5.74, 6) is 1.58. The van der Waals surface area contributed by atoms with Gasteiger partial charge in [-0.1, -0.05) is 38.1 Å². The Morgan fingerprint density at radius 3 is 2.35 bits per heavy atom. The van der Waals surface area contributed by atoms with Crippen LogP contribution in [0.4, 0.5) is 0 Å². The lowest BCUT2D eigenvalue weighted by Crippen LogP contribution is -2.47. The molecule has 0 atom stereocenters. The molecule has 1 aromatic rings. The topological polar surface area (TPSA) is 24.1 Å². The van der Waals surface area contributed by atoms with Gasteiger partial charge in [-0.2, -0.15) is 0 Å². The van der Waals surface area contributed by atoms with Gasteiger partial charge >= 0.3 is 0 Å². The van der Waals surface area contributed by atoms with Gasteiger partial charge in [0.2, 0.25) is 0 Å². The molecule has 0 bridgehead atoms. The normalized spacial score (nSPS) is 16.2. The predicted octanol–water partition coefficient (Wildman–Crippen LogP) is 2.19. The highest BCUT2D eigenvalue weighted by atomic mass is 15.0. The van der Waals surface area contributed by atoms with Crippen LogP contribution in [0.25, 0.3) is 0 Å². The molecular formula is C15H24N2. The molecule has 2 heteroatoms. The van der Waals surface area contributed by atoms with E-state index < -0.39 is 0 Å². The lowest BCUT2D eigenvalue weighted by Gasteiger charge is -2.27. The van der Waals surface area contributed by atoms with E-state index in [0.717, 1.165) is 24.9 Å². The smallest absolute Gasteiger partial charge is 0.0205 e. The summed E-state index contributed by atoms with van der Waals surface area (Å²) >= 11 is 0. The molecule has 0 unspecified atom stereocenters. The molecule has 94 valence electrons. The molecule has 0 spiro atoms. The quantitative estimate of drug-likeness (QED) is 0.785. The van der Waals surface area contributed by atoms with E-state index in [1.54, 1.807) is 0 Å². The van der Waals surface area contributed by atoms with Crippen molar-refractivity contribution >= 4 is 0 Å². The number of hydrogen-bond acceptors (Lipinski definition) is 2. The summed E-state index contributed by atoms with van der Waals surface area (Å²) in [7, 11) is 0. The third-order valence-electron chi connectivity index (χ3n) is 3.30. The summed E-state index contributed by atoms with van der Waals surface area (Å²) in [6, 6.07) is 9.04. The second-order valence-corrected chi connectivity index (χ2v) is 5.57. The second-order valence-electron chi connectivity index (χ2n) is 5.57. The SMILES string of the molecule is CC(C)Cc1ccc(CNCC2CNC2)cc1. The van der Waals surface area contributed by atoms with Gasteiger partial charge in [0, 0.05) is 26.2 Å². The number of rotatable bonds is 6. The van der Waals surface area contributed by atoms with Crippen LogP contribution in [-0.2, 0) is 13.0 Å². The summed E-state index contributed by atoms with van der Waals surface area (Å²) in [6.45, 7) is 9.03. The maximum absolute atomic E-state index is 3.52. The Balaban J connectivity index is 1.72. The lowest BCUT2D eigenvalue weighted by molar-refractivity contribution is 0.331. The van der Waals surface area contributed by atoms with Crippen LogP contribution in [0.2, 0.25) is 0 Å². The highest BCUT2D eigenvalue weighted by Crippen LogP contribution is 2.10. The van der Waals surface area contributed by atoms with E-state index in [9.17, 15) is 0 Å². The molecule has 2 rings (SSSR count). The van der Waals surface area contributed by atoms with Gasteiger partial charge in [0.1, 0.15) is 0 Å². The molecule has 17 heavy (non-hydrogen) atoms. The van der Waals surface area contributed by atoms with Gasteiger partial charge in [0.15, 0.2) is 0 Å². The van der Waals surface area contributed by atoms with Crippen LogP contribution < -0.4 is 10.6 Å². The third kappa shape index (κ3) is 4.14. The molecule has 0 aliphatic carbocycles. The molecule has 0 radical (unpaired) electrons. The second kappa shape index (κ2) is 6.18. The molecule has 1 aliphatic heterocycles. The van der Waals surface area contributed by atoms with Crippen molar-refractivity contribution in [3.05, 3.63) is 35.4 Å². The first-order valence-corrected chi connectivity index (χ1v) is 6.73. The van der Waals surface area contributed by atoms with Gasteiger partial charge in [0.25, 0.3) is 0 Å². The third-order valence-corrected chi connectivity index (χ3v) is 3.30. The van der Waals surface area contributed by atoms with Crippen LogP contribution in [0.15, 0.2) is 24.3 Å². The molecule has 0 saturated carbocycles. The van der Waals surface area contributed by atoms with E-state index in [1.807, 2.05) is 0 Å². The van der Waals surface area contributed by atoms with E-state index in [0.29, 0.717) is 0 Å². The molecule has 1 fully saturated rings. The molecule has 0 amide bonds. The molecule has 1 saturated heterocycles. The zero-order valence-corrected chi connectivity index (χ0v) is 11.0. The first-order valence-electron chi connectivity index (χ1n) is 6.73. The van der Waals surface area contributed by atoms with E-state index in [2.05, 4.69) is 48.7 Å². The number of nitrogens with one attached hydrogen (secondary N) is 2. The van der Waals surface area contributed by atoms with E-state index in [-0.39, 0.29) is 0 Å². The van der Waals surface area contributed by atoms with Crippen LogP contribution in [0, 0.1) is 11.8 Å². The Hall–Kier alpha value is -0.860. The Morgan fingerprint density at radius 2 is 1.82 bits per heavy atom. The van der Waals surface area contributed by atoms with Gasteiger partial charge in [-0.25, -0.2) is 0 Å². The van der Waals surface area contributed by atoms with Crippen LogP contribution in [-0.4, -0.2) is 19.6 Å². The summed E-state index contributed by atoms with van der Waals surface area (Å²) < 4.78 is 0. The minimum Gasteiger partial charge on any atom is -0.316 e. The van der Waals surface area contributed by atoms with Crippen molar-refractivity contribution in [2.45, 2.75) is 26.8 Å². The monoisotopic (exact) mass is 232 g/mol. The average Bonchev–Trinajstić information content (AvgIpc) is 2.23. The molecule has 1 aromatic carbocycles. The van der Waals surface area contributed by atoms with Crippen molar-refractivity contribution in [2.75, 3.05) is 19.6 Å². The lowest BCUT2D eigenvalue weighted by atomic mass is 10.0. The van der Waals surface area contributed by atoms with Crippen molar-refractivity contribution in [3.63, 3.8) is 0 Å². The average molecular weight is 232 g/mol. The van der Waals surface area contributed by atoms with E-state index in [4.69, 9.17) is 0 Å². The highest BCUT2D eigenvalue weighted by molar-refractivity contribution is 5.22. The van der Waals surface area contributed by atoms with Crippen molar-refractivity contribution in [3.8, 4) is 0 Å². The number of benzene rings is 1. The van der Waals surface area contributed by atoms with Gasteiger partial charge in [-0.3, -0.25) is 0 Å². The fourth-order valence-corrected chi connectivity index (χ4v) is 2.18. The van der Waals surface area contributed by atoms with Crippen molar-refractivity contribution < 1.29 is 0 Å². The standard InChI is InChI=1S/C15H24N2/c1-12(2)7-13-3-5-14(6-4-13)8-16-9-15-10-17-11-15/h3-6,12,15-17H,7-11H2,1-2H3. The minimum absolute atomic E-state index is 0.741. The Morgan fingerprint density at radius 1 is 1.18 bits per heavy atom. The Bertz CT molecular complexity index is 325. The molecule has 2 N–H and O–H groups in total. The van der Waals surface area contributed by atoms with Crippen LogP contribution in [0.3, 0.4) is 0 Å². The first kappa shape index (κ1) is 12.6. The first-order chi connectivity index (χ1) is 8.24. The molecule has 0 aromatic heterocycles. The number of hydrogen-bond donors (Lipinski definition) is 2. The van der Waals surface area contributed by atoms with Crippen molar-refractivity contribution in [2.24, 2.45) is 11.8 Å². The molecule has 1 aliphatic rings. The summed E-state index contributed by atoms with van der Waals surface area (Å²) in [5.41, 5.74) is 2.84. The Labute approximate surface area is 105 Å². The zero-order chi connectivity index (χ0) is 12.1. The fraction of sp³-hybridized carbons (Fsp3) is 0.600. The maximum atomic E-state index is 3.52. The van der Waals surface area contributed by atoms with Crippen LogP contribution in [0.5, 0.6) is 0 Å². The minimum atomic E-state index is 0.741. The fourth-order valence-electron chi connectivity index (χ4n) is 2.18. The largest absolute Gasteiger partial charge is 0.316 e. The molecular weight excluding hydrogens is 208 g/mol. The van der Waals surface area contributed by atoms with Crippen LogP contribution >= 0.6 is 0 Å². The van der Waals surface area contributed by atoms with Gasteiger partial charge in [0.05, 0.1) is 0 Å². The van der Waals surface area contributed by atoms with Gasteiger partial charge in [-0.05, 0) is 29.4 Å². The molecule has 1 heterocycles. The van der Waals surface area contributed by atoms with Gasteiger partial charge in [-0.15, -0.1) is 0 Å². The molecule has 2 nitrogen and oxygen atoms in total. The zero-order valence-electron chi connectivity index (χ0n) is 11.0. The van der Waals surface area contributed by atoms with Gasteiger partial charge < -0.3 is 10.6 Å². The van der Waals surface area contributed by atoms with Crippen LogP contribution in [0.1, 0.15) is 25.0 Å². The maximum Gasteiger partial charge on any atom is 0.0205 e. The van der Waals surface area contributed by atoms with E-state index in [1.165, 1.54) is 30.6 Å². The highest BCUT2D eigenvalue weighted by Gasteiger charge is 2.15. The van der Waals surface area contributed by atoms with Crippen molar-refractivity contribution in [1.82, 2.24) is 10.6 Å². The summed E-state index contributed by atoms with van der Waals surface area (Å²) in [6.07, 6.45) is 1.18. The summed E-state index contributed by atoms with van der Waals surface area (Å²) in [4.78, 5) is 0. The summed E-state index contributed by atoms with van der Waals surface area (Å²) in [5, 5.41) is 6.82. The predicted molar refractivity (Wildman–Crippen MR) is 73.1 cm³/mol. The van der Waals surface area contributed by atoms with Crippen molar-refractivity contribution in [1.29, 1.82) is 0 Å². The van der Waals surface area contributed by atoms with E-state index >= 15 is 0 Å². The Kier molecular flexibility index (Phi) is 4.57.